The second-order valence-corrected chi connectivity index (χ2v) is 9.73. The molecule has 0 aliphatic rings. The zero-order chi connectivity index (χ0) is 29.0. The Labute approximate surface area is 237 Å². The minimum Gasteiger partial charge on any atom is -0.508 e. The molecule has 2 rings (SSSR count). The van der Waals surface area contributed by atoms with Gasteiger partial charge in [0.2, 0.25) is 0 Å². The van der Waals surface area contributed by atoms with Gasteiger partial charge in [-0.2, -0.15) is 5.48 Å². The molecule has 0 spiro atoms. The Hall–Kier alpha value is -3.18. The summed E-state index contributed by atoms with van der Waals surface area (Å²) in [5, 5.41) is 35.0. The average molecular weight is 560 g/mol. The number of carbonyl (C=O) groups is 2. The summed E-state index contributed by atoms with van der Waals surface area (Å²) in [6.45, 7) is 4.30. The standard InChI is InChI=1S/C30H45N3O7/c1-2-10-29(37)40-33-30(38)32-26-13-9-12-23(19-26)11-5-8-18-39-17-7-4-3-6-16-31-21-28(36)24-14-15-27(35)25(20-24)22-34/h9,12-15,19-20,28,31,34-36H,2-8,10-11,16-18,21-22H2,1H3,(H2,32,33,38)/t28-/m0/s1. The molecular formula is C30H45N3O7. The zero-order valence-electron chi connectivity index (χ0n) is 23.5. The second-order valence-electron chi connectivity index (χ2n) is 9.73. The smallest absolute Gasteiger partial charge is 0.352 e. The summed E-state index contributed by atoms with van der Waals surface area (Å²) in [6, 6.07) is 11.8. The molecule has 0 heterocycles. The first-order valence-corrected chi connectivity index (χ1v) is 14.2. The Morgan fingerprint density at radius 2 is 1.75 bits per heavy atom. The van der Waals surface area contributed by atoms with Gasteiger partial charge in [-0.25, -0.2) is 9.59 Å². The minimum atomic E-state index is -0.685. The van der Waals surface area contributed by atoms with Crippen LogP contribution in [0.3, 0.4) is 0 Å². The van der Waals surface area contributed by atoms with Crippen molar-refractivity contribution in [1.82, 2.24) is 10.8 Å². The second kappa shape index (κ2) is 19.8. The number of urea groups is 1. The molecule has 2 amide bonds. The van der Waals surface area contributed by atoms with E-state index in [2.05, 4.69) is 21.0 Å². The number of unbranched alkanes of at least 4 members (excludes halogenated alkanes) is 4. The van der Waals surface area contributed by atoms with Gasteiger partial charge in [-0.05, 0) is 80.5 Å². The molecule has 0 saturated heterocycles. The summed E-state index contributed by atoms with van der Waals surface area (Å²) in [7, 11) is 0. The van der Waals surface area contributed by atoms with Crippen molar-refractivity contribution in [1.29, 1.82) is 0 Å². The van der Waals surface area contributed by atoms with E-state index < -0.39 is 18.1 Å². The molecule has 2 aromatic carbocycles. The van der Waals surface area contributed by atoms with Crippen molar-refractivity contribution in [2.24, 2.45) is 0 Å². The molecule has 10 heteroatoms. The topological polar surface area (TPSA) is 149 Å². The number of aromatic hydroxyl groups is 1. The maximum Gasteiger partial charge on any atom is 0.352 e. The number of amides is 2. The largest absolute Gasteiger partial charge is 0.508 e. The van der Waals surface area contributed by atoms with Crippen LogP contribution >= 0.6 is 0 Å². The summed E-state index contributed by atoms with van der Waals surface area (Å²) in [5.41, 5.74) is 4.93. The van der Waals surface area contributed by atoms with E-state index in [1.807, 2.05) is 25.1 Å². The van der Waals surface area contributed by atoms with Gasteiger partial charge in [0, 0.05) is 37.4 Å². The van der Waals surface area contributed by atoms with Gasteiger partial charge >= 0.3 is 12.0 Å². The van der Waals surface area contributed by atoms with Crippen molar-refractivity contribution in [3.8, 4) is 5.75 Å². The van der Waals surface area contributed by atoms with E-state index >= 15 is 0 Å². The van der Waals surface area contributed by atoms with E-state index in [4.69, 9.17) is 4.74 Å². The lowest BCUT2D eigenvalue weighted by Crippen LogP contribution is -2.31. The van der Waals surface area contributed by atoms with Crippen LogP contribution in [-0.2, 0) is 27.4 Å². The highest BCUT2D eigenvalue weighted by Crippen LogP contribution is 2.22. The van der Waals surface area contributed by atoms with Crippen molar-refractivity contribution < 1.29 is 34.5 Å². The molecule has 0 aromatic heterocycles. The van der Waals surface area contributed by atoms with Gasteiger partial charge in [0.25, 0.3) is 0 Å². The Bertz CT molecular complexity index is 1020. The number of ether oxygens (including phenoxy) is 1. The average Bonchev–Trinajstić information content (AvgIpc) is 2.95. The number of anilines is 1. The summed E-state index contributed by atoms with van der Waals surface area (Å²) >= 11 is 0. The van der Waals surface area contributed by atoms with Crippen LogP contribution in [0, 0.1) is 0 Å². The van der Waals surface area contributed by atoms with Crippen molar-refractivity contribution in [2.75, 3.05) is 31.6 Å². The molecule has 2 aromatic rings. The third-order valence-electron chi connectivity index (χ3n) is 6.29. The third kappa shape index (κ3) is 13.7. The fourth-order valence-corrected chi connectivity index (χ4v) is 4.06. The normalized spacial score (nSPS) is 11.7. The molecule has 10 nitrogen and oxygen atoms in total. The summed E-state index contributed by atoms with van der Waals surface area (Å²) in [5.74, 6) is -0.440. The van der Waals surface area contributed by atoms with Crippen LogP contribution < -0.4 is 16.1 Å². The molecule has 1 atom stereocenters. The predicted octanol–water partition coefficient (Wildman–Crippen LogP) is 4.49. The fourth-order valence-electron chi connectivity index (χ4n) is 4.06. The van der Waals surface area contributed by atoms with E-state index in [1.165, 1.54) is 6.07 Å². The maximum atomic E-state index is 11.9. The first-order chi connectivity index (χ1) is 19.4. The minimum absolute atomic E-state index is 0.0314. The van der Waals surface area contributed by atoms with Gasteiger partial charge in [0.05, 0.1) is 12.7 Å². The van der Waals surface area contributed by atoms with E-state index in [-0.39, 0.29) is 18.8 Å². The van der Waals surface area contributed by atoms with Gasteiger partial charge < -0.3 is 35.5 Å². The number of hydrogen-bond donors (Lipinski definition) is 6. The van der Waals surface area contributed by atoms with Crippen molar-refractivity contribution in [3.05, 3.63) is 59.2 Å². The summed E-state index contributed by atoms with van der Waals surface area (Å²) in [4.78, 5) is 27.9. The lowest BCUT2D eigenvalue weighted by Gasteiger charge is -2.14. The molecule has 6 N–H and O–H groups in total. The number of carbonyl (C=O) groups excluding carboxylic acids is 2. The van der Waals surface area contributed by atoms with Crippen molar-refractivity contribution in [3.63, 3.8) is 0 Å². The van der Waals surface area contributed by atoms with Gasteiger partial charge in [0.15, 0.2) is 0 Å². The summed E-state index contributed by atoms with van der Waals surface area (Å²) in [6.07, 6.45) is 7.25. The number of rotatable bonds is 19. The first kappa shape index (κ1) is 33.0. The molecule has 0 unspecified atom stereocenters. The van der Waals surface area contributed by atoms with Crippen LogP contribution in [0.1, 0.15) is 81.1 Å². The quantitative estimate of drug-likeness (QED) is 0.109. The molecule has 0 aliphatic heterocycles. The molecule has 0 saturated carbocycles. The number of aryl methyl sites for hydroxylation is 1. The number of hydroxylamine groups is 1. The first-order valence-electron chi connectivity index (χ1n) is 14.2. The Morgan fingerprint density at radius 3 is 2.52 bits per heavy atom. The van der Waals surface area contributed by atoms with Gasteiger partial charge in [0.1, 0.15) is 5.75 Å². The molecule has 222 valence electrons. The van der Waals surface area contributed by atoms with Crippen LogP contribution in [0.25, 0.3) is 0 Å². The van der Waals surface area contributed by atoms with Crippen LogP contribution in [0.15, 0.2) is 42.5 Å². The molecule has 0 radical (unpaired) electrons. The molecule has 40 heavy (non-hydrogen) atoms. The van der Waals surface area contributed by atoms with Crippen molar-refractivity contribution in [2.45, 2.75) is 77.4 Å². The van der Waals surface area contributed by atoms with Crippen LogP contribution in [0.2, 0.25) is 0 Å². The van der Waals surface area contributed by atoms with Gasteiger partial charge in [-0.15, -0.1) is 0 Å². The highest BCUT2D eigenvalue weighted by atomic mass is 16.7. The number of benzene rings is 2. The number of aliphatic hydroxyl groups excluding tert-OH is 2. The van der Waals surface area contributed by atoms with E-state index in [1.54, 1.807) is 18.2 Å². The monoisotopic (exact) mass is 559 g/mol. The lowest BCUT2D eigenvalue weighted by atomic mass is 10.1. The Kier molecular flexibility index (Phi) is 16.4. The molecular weight excluding hydrogens is 514 g/mol. The number of hydrogen-bond acceptors (Lipinski definition) is 8. The molecule has 0 aliphatic carbocycles. The van der Waals surface area contributed by atoms with E-state index in [0.717, 1.165) is 70.3 Å². The van der Waals surface area contributed by atoms with Crippen LogP contribution in [-0.4, -0.2) is 53.6 Å². The highest BCUT2D eigenvalue weighted by molar-refractivity contribution is 5.89. The SMILES string of the molecule is CCCC(=O)ONC(=O)Nc1cccc(CCCCOCCCCCCNC[C@H](O)c2ccc(O)c(CO)c2)c1. The van der Waals surface area contributed by atoms with Gasteiger partial charge in [-0.1, -0.05) is 38.0 Å². The lowest BCUT2D eigenvalue weighted by molar-refractivity contribution is -0.148. The molecule has 0 fully saturated rings. The highest BCUT2D eigenvalue weighted by Gasteiger charge is 2.10. The van der Waals surface area contributed by atoms with E-state index in [9.17, 15) is 24.9 Å². The Balaban J connectivity index is 1.44. The predicted molar refractivity (Wildman–Crippen MR) is 154 cm³/mol. The number of nitrogens with one attached hydrogen (secondary N) is 3. The number of phenols is 1. The maximum absolute atomic E-state index is 11.9. The van der Waals surface area contributed by atoms with Gasteiger partial charge in [-0.3, -0.25) is 0 Å². The number of aliphatic hydroxyl groups is 2. The zero-order valence-corrected chi connectivity index (χ0v) is 23.5. The summed E-state index contributed by atoms with van der Waals surface area (Å²) < 4.78 is 5.76. The Morgan fingerprint density at radius 1 is 0.975 bits per heavy atom. The van der Waals surface area contributed by atoms with Crippen LogP contribution in [0.4, 0.5) is 10.5 Å². The fraction of sp³-hybridized carbons (Fsp3) is 0.533. The van der Waals surface area contributed by atoms with Crippen LogP contribution in [0.5, 0.6) is 5.75 Å². The third-order valence-corrected chi connectivity index (χ3v) is 6.29. The molecule has 0 bridgehead atoms. The van der Waals surface area contributed by atoms with E-state index in [0.29, 0.717) is 29.8 Å². The van der Waals surface area contributed by atoms with Crippen molar-refractivity contribution >= 4 is 17.7 Å².